The fourth-order valence-electron chi connectivity index (χ4n) is 7.68. The summed E-state index contributed by atoms with van der Waals surface area (Å²) in [5.74, 6) is 2.57. The molecule has 3 heterocycles. The number of rotatable bonds is 6. The molecule has 6 nitrogen and oxygen atoms in total. The van der Waals surface area contributed by atoms with Gasteiger partial charge in [0.2, 0.25) is 5.89 Å². The number of benzene rings is 8. The second-order valence-electron chi connectivity index (χ2n) is 13.9. The molecule has 0 unspecified atom stereocenters. The summed E-state index contributed by atoms with van der Waals surface area (Å²) < 4.78 is 8.46. The van der Waals surface area contributed by atoms with E-state index in [1.165, 1.54) is 5.39 Å². The van der Waals surface area contributed by atoms with Crippen molar-refractivity contribution >= 4 is 43.7 Å². The molecule has 0 radical (unpaired) electrons. The molecule has 0 aliphatic rings. The maximum absolute atomic E-state index is 6.13. The number of para-hydroxylation sites is 3. The van der Waals surface area contributed by atoms with E-state index in [1.807, 2.05) is 84.9 Å². The van der Waals surface area contributed by atoms with Crippen LogP contribution in [0, 0.1) is 0 Å². The van der Waals surface area contributed by atoms with Crippen LogP contribution in [0.2, 0.25) is 0 Å². The largest absolute Gasteiger partial charge is 0.436 e. The van der Waals surface area contributed by atoms with Crippen LogP contribution in [0.1, 0.15) is 0 Å². The van der Waals surface area contributed by atoms with Crippen molar-refractivity contribution in [1.82, 2.24) is 24.5 Å². The highest BCUT2D eigenvalue weighted by Crippen LogP contribution is 2.36. The Labute approximate surface area is 322 Å². The SMILES string of the molecule is c1ccc(-c2nc(-c3ccccc3)nc(-c3ccc4cc(-c5ccc(-n6c7ccccc7c7cc(-c8nc9ccccc9o8)ccc76)cc5)ccc4c3)n2)cc1. The molecule has 0 fully saturated rings. The molecule has 3 aromatic heterocycles. The van der Waals surface area contributed by atoms with Gasteiger partial charge in [0.25, 0.3) is 0 Å². The first-order valence-corrected chi connectivity index (χ1v) is 18.6. The van der Waals surface area contributed by atoms with Crippen LogP contribution in [0.15, 0.2) is 192 Å². The minimum atomic E-state index is 0.626. The van der Waals surface area contributed by atoms with E-state index in [2.05, 4.69) is 108 Å². The Morgan fingerprint density at radius 1 is 0.357 bits per heavy atom. The number of nitrogens with zero attached hydrogens (tertiary/aromatic N) is 5. The summed E-state index contributed by atoms with van der Waals surface area (Å²) in [4.78, 5) is 19.5. The molecule has 56 heavy (non-hydrogen) atoms. The Hall–Kier alpha value is -7.70. The molecule has 11 rings (SSSR count). The quantitative estimate of drug-likeness (QED) is 0.171. The van der Waals surface area contributed by atoms with Gasteiger partial charge in [0.05, 0.1) is 11.0 Å². The normalized spacial score (nSPS) is 11.6. The van der Waals surface area contributed by atoms with Gasteiger partial charge in [-0.2, -0.15) is 0 Å². The molecule has 0 saturated heterocycles. The standard InChI is InChI=1S/C50H31N5O/c1-3-11-33(12-4-1)47-52-48(34-13-5-2-6-14-34)54-49(53-47)38-22-21-36-29-35(19-20-37(36)30-38)32-23-26-40(27-24-32)55-44-17-9-7-15-41(44)42-31-39(25-28-45(42)55)50-51-43-16-8-10-18-46(43)56-50/h1-31H. The predicted molar refractivity (Wildman–Crippen MR) is 226 cm³/mol. The first-order chi connectivity index (χ1) is 27.7. The van der Waals surface area contributed by atoms with Gasteiger partial charge < -0.3 is 8.98 Å². The zero-order chi connectivity index (χ0) is 37.0. The van der Waals surface area contributed by atoms with Gasteiger partial charge >= 0.3 is 0 Å². The number of hydrogen-bond acceptors (Lipinski definition) is 5. The van der Waals surface area contributed by atoms with E-state index in [0.717, 1.165) is 77.4 Å². The van der Waals surface area contributed by atoms with E-state index in [4.69, 9.17) is 24.4 Å². The Kier molecular flexibility index (Phi) is 7.38. The molecule has 262 valence electrons. The van der Waals surface area contributed by atoms with Crippen LogP contribution in [-0.4, -0.2) is 24.5 Å². The lowest BCUT2D eigenvalue weighted by atomic mass is 9.99. The van der Waals surface area contributed by atoms with Crippen molar-refractivity contribution in [3.63, 3.8) is 0 Å². The third-order valence-electron chi connectivity index (χ3n) is 10.5. The highest BCUT2D eigenvalue weighted by atomic mass is 16.3. The summed E-state index contributed by atoms with van der Waals surface area (Å²) in [7, 11) is 0. The molecular weight excluding hydrogens is 687 g/mol. The number of fused-ring (bicyclic) bond motifs is 5. The van der Waals surface area contributed by atoms with Gasteiger partial charge in [-0.15, -0.1) is 0 Å². The second-order valence-corrected chi connectivity index (χ2v) is 13.9. The van der Waals surface area contributed by atoms with Crippen LogP contribution in [0.25, 0.3) is 106 Å². The molecule has 6 heteroatoms. The molecular formula is C50H31N5O. The van der Waals surface area contributed by atoms with Crippen molar-refractivity contribution in [2.45, 2.75) is 0 Å². The van der Waals surface area contributed by atoms with Crippen LogP contribution in [0.3, 0.4) is 0 Å². The molecule has 11 aromatic rings. The number of aromatic nitrogens is 5. The summed E-state index contributed by atoms with van der Waals surface area (Å²) in [5, 5.41) is 4.60. The van der Waals surface area contributed by atoms with Crippen LogP contribution in [0.5, 0.6) is 0 Å². The molecule has 8 aromatic carbocycles. The molecule has 0 aliphatic carbocycles. The second kappa shape index (κ2) is 13.0. The Bertz CT molecular complexity index is 3150. The minimum Gasteiger partial charge on any atom is -0.436 e. The molecule has 0 bridgehead atoms. The van der Waals surface area contributed by atoms with Crippen molar-refractivity contribution in [2.75, 3.05) is 0 Å². The van der Waals surface area contributed by atoms with Crippen molar-refractivity contribution in [2.24, 2.45) is 0 Å². The number of oxazole rings is 1. The smallest absolute Gasteiger partial charge is 0.227 e. The third-order valence-corrected chi connectivity index (χ3v) is 10.5. The lowest BCUT2D eigenvalue weighted by molar-refractivity contribution is 0.620. The summed E-state index contributed by atoms with van der Waals surface area (Å²) in [6, 6.07) is 64.9. The maximum atomic E-state index is 6.13. The van der Waals surface area contributed by atoms with E-state index in [1.54, 1.807) is 0 Å². The zero-order valence-electron chi connectivity index (χ0n) is 30.0. The summed E-state index contributed by atoms with van der Waals surface area (Å²) in [6.45, 7) is 0. The first-order valence-electron chi connectivity index (χ1n) is 18.6. The summed E-state index contributed by atoms with van der Waals surface area (Å²) in [5.41, 5.74) is 11.1. The van der Waals surface area contributed by atoms with Crippen molar-refractivity contribution in [3.05, 3.63) is 188 Å². The predicted octanol–water partition coefficient (Wildman–Crippen LogP) is 12.6. The average molecular weight is 718 g/mol. The molecule has 0 spiro atoms. The topological polar surface area (TPSA) is 69.6 Å². The van der Waals surface area contributed by atoms with Gasteiger partial charge in [0.1, 0.15) is 5.52 Å². The van der Waals surface area contributed by atoms with Crippen LogP contribution in [0.4, 0.5) is 0 Å². The van der Waals surface area contributed by atoms with Gasteiger partial charge in [-0.25, -0.2) is 19.9 Å². The first kappa shape index (κ1) is 31.8. The minimum absolute atomic E-state index is 0.626. The van der Waals surface area contributed by atoms with Gasteiger partial charge in [0.15, 0.2) is 23.1 Å². The van der Waals surface area contributed by atoms with E-state index in [9.17, 15) is 0 Å². The third kappa shape index (κ3) is 5.51. The van der Waals surface area contributed by atoms with Gasteiger partial charge in [-0.3, -0.25) is 0 Å². The highest BCUT2D eigenvalue weighted by molar-refractivity contribution is 6.10. The molecule has 0 amide bonds. The van der Waals surface area contributed by atoms with Crippen LogP contribution < -0.4 is 0 Å². The number of hydrogen-bond donors (Lipinski definition) is 0. The fraction of sp³-hybridized carbons (Fsp3) is 0. The van der Waals surface area contributed by atoms with Crippen LogP contribution >= 0.6 is 0 Å². The average Bonchev–Trinajstić information content (AvgIpc) is 3.86. The zero-order valence-corrected chi connectivity index (χ0v) is 30.0. The van der Waals surface area contributed by atoms with E-state index in [-0.39, 0.29) is 0 Å². The Balaban J connectivity index is 0.929. The van der Waals surface area contributed by atoms with E-state index >= 15 is 0 Å². The summed E-state index contributed by atoms with van der Waals surface area (Å²) >= 11 is 0. The Morgan fingerprint density at radius 3 is 1.62 bits per heavy atom. The Morgan fingerprint density at radius 2 is 0.911 bits per heavy atom. The van der Waals surface area contributed by atoms with E-state index < -0.39 is 0 Å². The molecule has 0 N–H and O–H groups in total. The molecule has 0 atom stereocenters. The molecule has 0 aliphatic heterocycles. The fourth-order valence-corrected chi connectivity index (χ4v) is 7.68. The van der Waals surface area contributed by atoms with Crippen molar-refractivity contribution < 1.29 is 4.42 Å². The van der Waals surface area contributed by atoms with Gasteiger partial charge in [-0.05, 0) is 82.6 Å². The van der Waals surface area contributed by atoms with Gasteiger partial charge in [0, 0.05) is 38.7 Å². The lowest BCUT2D eigenvalue weighted by Gasteiger charge is -2.11. The van der Waals surface area contributed by atoms with Crippen molar-refractivity contribution in [1.29, 1.82) is 0 Å². The summed E-state index contributed by atoms with van der Waals surface area (Å²) in [6.07, 6.45) is 0. The molecule has 0 saturated carbocycles. The van der Waals surface area contributed by atoms with Crippen LogP contribution in [-0.2, 0) is 0 Å². The highest BCUT2D eigenvalue weighted by Gasteiger charge is 2.16. The van der Waals surface area contributed by atoms with Crippen molar-refractivity contribution in [3.8, 4) is 62.4 Å². The van der Waals surface area contributed by atoms with E-state index in [0.29, 0.717) is 23.4 Å². The van der Waals surface area contributed by atoms with Gasteiger partial charge in [-0.1, -0.05) is 127 Å². The monoisotopic (exact) mass is 717 g/mol. The lowest BCUT2D eigenvalue weighted by Crippen LogP contribution is -2.00. The maximum Gasteiger partial charge on any atom is 0.227 e.